The van der Waals surface area contributed by atoms with E-state index in [9.17, 15) is 0 Å². The van der Waals surface area contributed by atoms with Gasteiger partial charge in [0, 0.05) is 62.4 Å². The third-order valence-corrected chi connectivity index (χ3v) is 5.74. The molecule has 0 unspecified atom stereocenters. The Morgan fingerprint density at radius 3 is 2.77 bits per heavy atom. The number of aryl methyl sites for hydroxylation is 1. The first-order valence-corrected chi connectivity index (χ1v) is 9.85. The van der Waals surface area contributed by atoms with E-state index in [4.69, 9.17) is 14.7 Å². The van der Waals surface area contributed by atoms with Gasteiger partial charge in [-0.1, -0.05) is 6.42 Å². The molecule has 140 valence electrons. The second kappa shape index (κ2) is 7.74. The Morgan fingerprint density at radius 2 is 2.00 bits per heavy atom. The zero-order valence-electron chi connectivity index (χ0n) is 15.9. The molecule has 0 spiro atoms. The summed E-state index contributed by atoms with van der Waals surface area (Å²) in [6.07, 6.45) is 10.2. The third-order valence-electron chi connectivity index (χ3n) is 5.74. The van der Waals surface area contributed by atoms with E-state index in [0.29, 0.717) is 18.4 Å². The highest BCUT2D eigenvalue weighted by Gasteiger charge is 2.28. The molecular weight excluding hydrogens is 326 g/mol. The highest BCUT2D eigenvalue weighted by molar-refractivity contribution is 5.35. The van der Waals surface area contributed by atoms with Crippen molar-refractivity contribution in [1.82, 2.24) is 19.5 Å². The largest absolute Gasteiger partial charge is 0.383 e. The normalized spacial score (nSPS) is 21.0. The zero-order chi connectivity index (χ0) is 17.9. The van der Waals surface area contributed by atoms with E-state index in [0.717, 1.165) is 37.7 Å². The van der Waals surface area contributed by atoms with Gasteiger partial charge in [0.15, 0.2) is 0 Å². The summed E-state index contributed by atoms with van der Waals surface area (Å²) in [7, 11) is 1.74. The quantitative estimate of drug-likeness (QED) is 0.796. The minimum Gasteiger partial charge on any atom is -0.383 e. The first-order chi connectivity index (χ1) is 12.7. The fourth-order valence-electron chi connectivity index (χ4n) is 4.06. The van der Waals surface area contributed by atoms with Crippen molar-refractivity contribution in [2.45, 2.75) is 57.4 Å². The molecule has 0 bridgehead atoms. The molecule has 0 aromatic carbocycles. The van der Waals surface area contributed by atoms with E-state index in [1.807, 2.05) is 6.20 Å². The number of hydrogen-bond acceptors (Lipinski definition) is 5. The van der Waals surface area contributed by atoms with Crippen LogP contribution in [0.4, 0.5) is 5.95 Å². The molecule has 6 nitrogen and oxygen atoms in total. The summed E-state index contributed by atoms with van der Waals surface area (Å²) in [6.45, 7) is 5.63. The lowest BCUT2D eigenvalue weighted by molar-refractivity contribution is 0.185. The highest BCUT2D eigenvalue weighted by Crippen LogP contribution is 2.36. The van der Waals surface area contributed by atoms with Crippen molar-refractivity contribution in [2.24, 2.45) is 0 Å². The molecule has 0 N–H and O–H groups in total. The lowest BCUT2D eigenvalue weighted by atomic mass is 9.82. The van der Waals surface area contributed by atoms with Gasteiger partial charge in [-0.15, -0.1) is 0 Å². The number of piperidine rings is 1. The van der Waals surface area contributed by atoms with E-state index in [1.54, 1.807) is 7.11 Å². The Kier molecular flexibility index (Phi) is 5.20. The van der Waals surface area contributed by atoms with Gasteiger partial charge in [0.05, 0.1) is 6.61 Å². The highest BCUT2D eigenvalue weighted by atomic mass is 16.5. The van der Waals surface area contributed by atoms with Crippen molar-refractivity contribution >= 4 is 5.95 Å². The second-order valence-electron chi connectivity index (χ2n) is 7.62. The molecular formula is C20H29N5O. The van der Waals surface area contributed by atoms with E-state index in [-0.39, 0.29) is 0 Å². The molecule has 4 rings (SSSR count). The molecule has 26 heavy (non-hydrogen) atoms. The summed E-state index contributed by atoms with van der Waals surface area (Å²) >= 11 is 0. The molecule has 2 fully saturated rings. The van der Waals surface area contributed by atoms with Gasteiger partial charge in [0.2, 0.25) is 5.95 Å². The van der Waals surface area contributed by atoms with Crippen molar-refractivity contribution in [3.8, 4) is 0 Å². The molecule has 2 aromatic rings. The fourth-order valence-corrected chi connectivity index (χ4v) is 4.06. The number of ether oxygens (including phenoxy) is 1. The summed E-state index contributed by atoms with van der Waals surface area (Å²) in [5.41, 5.74) is 2.32. The average molecular weight is 355 g/mol. The molecule has 6 heteroatoms. The molecule has 2 aliphatic rings. The SMILES string of the molecule is COCCn1ccnc1[C@H]1CCCN(c2nc(C)cc(C3CCC3)n2)C1. The van der Waals surface area contributed by atoms with E-state index in [1.165, 1.54) is 37.2 Å². The van der Waals surface area contributed by atoms with E-state index >= 15 is 0 Å². The molecule has 3 heterocycles. The summed E-state index contributed by atoms with van der Waals surface area (Å²) in [6, 6.07) is 2.17. The maximum atomic E-state index is 5.23. The van der Waals surface area contributed by atoms with Crippen LogP contribution in [0, 0.1) is 6.92 Å². The maximum Gasteiger partial charge on any atom is 0.225 e. The van der Waals surface area contributed by atoms with Gasteiger partial charge in [0.25, 0.3) is 0 Å². The van der Waals surface area contributed by atoms with Crippen molar-refractivity contribution in [3.63, 3.8) is 0 Å². The molecule has 2 aromatic heterocycles. The Balaban J connectivity index is 1.52. The number of nitrogens with zero attached hydrogens (tertiary/aromatic N) is 5. The van der Waals surface area contributed by atoms with E-state index in [2.05, 4.69) is 33.6 Å². The summed E-state index contributed by atoms with van der Waals surface area (Å²) in [5.74, 6) is 3.14. The van der Waals surface area contributed by atoms with Gasteiger partial charge in [-0.2, -0.15) is 0 Å². The summed E-state index contributed by atoms with van der Waals surface area (Å²) in [5, 5.41) is 0. The lowest BCUT2D eigenvalue weighted by Crippen LogP contribution is -2.37. The molecule has 0 radical (unpaired) electrons. The predicted molar refractivity (Wildman–Crippen MR) is 102 cm³/mol. The standard InChI is InChI=1S/C20H29N5O/c1-15-13-18(16-5-3-6-16)23-20(22-15)25-9-4-7-17(14-25)19-21-8-10-24(19)11-12-26-2/h8,10,13,16-17H,3-7,9,11-12,14H2,1-2H3/t17-/m0/s1. The van der Waals surface area contributed by atoms with Crippen LogP contribution in [-0.4, -0.2) is 46.3 Å². The monoisotopic (exact) mass is 355 g/mol. The van der Waals surface area contributed by atoms with Gasteiger partial charge in [-0.05, 0) is 38.7 Å². The number of imidazole rings is 1. The first kappa shape index (κ1) is 17.5. The fraction of sp³-hybridized carbons (Fsp3) is 0.650. The van der Waals surface area contributed by atoms with Crippen LogP contribution in [0.5, 0.6) is 0 Å². The number of methoxy groups -OCH3 is 1. The molecule has 1 aliphatic heterocycles. The lowest BCUT2D eigenvalue weighted by Gasteiger charge is -2.33. The van der Waals surface area contributed by atoms with Crippen LogP contribution in [0.2, 0.25) is 0 Å². The smallest absolute Gasteiger partial charge is 0.225 e. The Hall–Kier alpha value is -1.95. The minimum atomic E-state index is 0.423. The van der Waals surface area contributed by atoms with Gasteiger partial charge in [-0.25, -0.2) is 15.0 Å². The maximum absolute atomic E-state index is 5.23. The van der Waals surface area contributed by atoms with Crippen LogP contribution >= 0.6 is 0 Å². The Morgan fingerprint density at radius 1 is 1.15 bits per heavy atom. The van der Waals surface area contributed by atoms with Crippen LogP contribution in [0.15, 0.2) is 18.5 Å². The summed E-state index contributed by atoms with van der Waals surface area (Å²) < 4.78 is 7.46. The van der Waals surface area contributed by atoms with Crippen LogP contribution in [-0.2, 0) is 11.3 Å². The van der Waals surface area contributed by atoms with E-state index < -0.39 is 0 Å². The van der Waals surface area contributed by atoms with Gasteiger partial charge in [0.1, 0.15) is 5.82 Å². The molecule has 1 aliphatic carbocycles. The molecule has 1 saturated carbocycles. The van der Waals surface area contributed by atoms with Crippen molar-refractivity contribution < 1.29 is 4.74 Å². The second-order valence-corrected chi connectivity index (χ2v) is 7.62. The molecule has 1 saturated heterocycles. The predicted octanol–water partition coefficient (Wildman–Crippen LogP) is 3.28. The first-order valence-electron chi connectivity index (χ1n) is 9.85. The third kappa shape index (κ3) is 3.61. The Labute approximate surface area is 155 Å². The van der Waals surface area contributed by atoms with Crippen LogP contribution in [0.25, 0.3) is 0 Å². The van der Waals surface area contributed by atoms with Crippen molar-refractivity contribution in [3.05, 3.63) is 35.7 Å². The average Bonchev–Trinajstić information content (AvgIpc) is 3.06. The summed E-state index contributed by atoms with van der Waals surface area (Å²) in [4.78, 5) is 16.7. The number of rotatable bonds is 6. The number of aromatic nitrogens is 4. The van der Waals surface area contributed by atoms with Crippen LogP contribution in [0.3, 0.4) is 0 Å². The molecule has 0 amide bonds. The van der Waals surface area contributed by atoms with Crippen molar-refractivity contribution in [2.75, 3.05) is 31.7 Å². The van der Waals surface area contributed by atoms with Crippen molar-refractivity contribution in [1.29, 1.82) is 0 Å². The Bertz CT molecular complexity index is 740. The van der Waals surface area contributed by atoms with Gasteiger partial charge >= 0.3 is 0 Å². The number of hydrogen-bond donors (Lipinski definition) is 0. The molecule has 1 atom stereocenters. The van der Waals surface area contributed by atoms with Gasteiger partial charge < -0.3 is 14.2 Å². The van der Waals surface area contributed by atoms with Gasteiger partial charge in [-0.3, -0.25) is 0 Å². The topological polar surface area (TPSA) is 56.1 Å². The zero-order valence-corrected chi connectivity index (χ0v) is 15.9. The van der Waals surface area contributed by atoms with Crippen LogP contribution in [0.1, 0.15) is 61.2 Å². The minimum absolute atomic E-state index is 0.423. The van der Waals surface area contributed by atoms with Crippen LogP contribution < -0.4 is 4.90 Å². The number of anilines is 1.